The standard InChI is InChI=1S/C18H29N3/c1-20(2)18-9-11-21(12-10-18)14-16-6-4-3-5-15(16)13-19-17-7-8-17/h3-6,17-19H,7-14H2,1-2H3. The Labute approximate surface area is 129 Å². The first-order valence-electron chi connectivity index (χ1n) is 8.41. The lowest BCUT2D eigenvalue weighted by molar-refractivity contribution is 0.139. The molecule has 3 nitrogen and oxygen atoms in total. The summed E-state index contributed by atoms with van der Waals surface area (Å²) in [6.07, 6.45) is 5.32. The Hall–Kier alpha value is -0.900. The highest BCUT2D eigenvalue weighted by Crippen LogP contribution is 2.21. The zero-order valence-electron chi connectivity index (χ0n) is 13.5. The summed E-state index contributed by atoms with van der Waals surface area (Å²) in [6.45, 7) is 4.61. The Morgan fingerprint density at radius 3 is 2.33 bits per heavy atom. The zero-order valence-corrected chi connectivity index (χ0v) is 13.5. The highest BCUT2D eigenvalue weighted by molar-refractivity contribution is 5.27. The van der Waals surface area contributed by atoms with Gasteiger partial charge in [0, 0.05) is 25.2 Å². The Bertz CT molecular complexity index is 446. The molecule has 0 aromatic heterocycles. The second-order valence-electron chi connectivity index (χ2n) is 6.89. The molecule has 1 saturated heterocycles. The predicted octanol–water partition coefficient (Wildman–Crippen LogP) is 2.46. The maximum absolute atomic E-state index is 3.65. The third-order valence-electron chi connectivity index (χ3n) is 4.96. The molecule has 0 amide bonds. The van der Waals surface area contributed by atoms with Gasteiger partial charge in [-0.15, -0.1) is 0 Å². The van der Waals surface area contributed by atoms with Gasteiger partial charge in [-0.2, -0.15) is 0 Å². The molecule has 0 unspecified atom stereocenters. The molecule has 3 heteroatoms. The molecule has 0 atom stereocenters. The number of likely N-dealkylation sites (tertiary alicyclic amines) is 1. The fourth-order valence-electron chi connectivity index (χ4n) is 3.26. The van der Waals surface area contributed by atoms with Crippen molar-refractivity contribution in [2.75, 3.05) is 27.2 Å². The number of nitrogens with one attached hydrogen (secondary N) is 1. The Balaban J connectivity index is 1.54. The fourth-order valence-corrected chi connectivity index (χ4v) is 3.26. The molecular formula is C18H29N3. The first kappa shape index (κ1) is 15.0. The Kier molecular flexibility index (Phi) is 4.94. The molecule has 1 heterocycles. The zero-order chi connectivity index (χ0) is 14.7. The van der Waals surface area contributed by atoms with E-state index < -0.39 is 0 Å². The molecule has 1 saturated carbocycles. The SMILES string of the molecule is CN(C)C1CCN(Cc2ccccc2CNC2CC2)CC1. The van der Waals surface area contributed by atoms with Crippen LogP contribution in [0.4, 0.5) is 0 Å². The summed E-state index contributed by atoms with van der Waals surface area (Å²) in [4.78, 5) is 5.00. The van der Waals surface area contributed by atoms with Gasteiger partial charge in [0.1, 0.15) is 0 Å². The van der Waals surface area contributed by atoms with E-state index in [0.29, 0.717) is 0 Å². The number of nitrogens with zero attached hydrogens (tertiary/aromatic N) is 2. The van der Waals surface area contributed by atoms with Crippen LogP contribution in [-0.4, -0.2) is 49.1 Å². The highest BCUT2D eigenvalue weighted by atomic mass is 15.2. The van der Waals surface area contributed by atoms with Crippen molar-refractivity contribution in [2.24, 2.45) is 0 Å². The summed E-state index contributed by atoms with van der Waals surface area (Å²) < 4.78 is 0. The quantitative estimate of drug-likeness (QED) is 0.867. The molecule has 2 fully saturated rings. The summed E-state index contributed by atoms with van der Waals surface area (Å²) in [5, 5.41) is 3.65. The van der Waals surface area contributed by atoms with Crippen molar-refractivity contribution in [1.82, 2.24) is 15.1 Å². The van der Waals surface area contributed by atoms with Crippen LogP contribution in [0.3, 0.4) is 0 Å². The third-order valence-corrected chi connectivity index (χ3v) is 4.96. The predicted molar refractivity (Wildman–Crippen MR) is 88.3 cm³/mol. The van der Waals surface area contributed by atoms with Gasteiger partial charge in [-0.3, -0.25) is 4.90 Å². The monoisotopic (exact) mass is 287 g/mol. The normalized spacial score (nSPS) is 21.1. The summed E-state index contributed by atoms with van der Waals surface area (Å²) in [5.74, 6) is 0. The molecule has 1 aromatic carbocycles. The Morgan fingerprint density at radius 2 is 1.71 bits per heavy atom. The number of hydrogen-bond acceptors (Lipinski definition) is 3. The van der Waals surface area contributed by atoms with E-state index in [2.05, 4.69) is 53.5 Å². The smallest absolute Gasteiger partial charge is 0.0236 e. The summed E-state index contributed by atoms with van der Waals surface area (Å²) in [5.41, 5.74) is 2.99. The van der Waals surface area contributed by atoms with E-state index in [1.54, 1.807) is 0 Å². The van der Waals surface area contributed by atoms with Crippen molar-refractivity contribution in [2.45, 2.75) is 50.9 Å². The molecule has 0 bridgehead atoms. The highest BCUT2D eigenvalue weighted by Gasteiger charge is 2.22. The molecule has 21 heavy (non-hydrogen) atoms. The van der Waals surface area contributed by atoms with Crippen LogP contribution in [0.2, 0.25) is 0 Å². The summed E-state index contributed by atoms with van der Waals surface area (Å²) in [6, 6.07) is 10.5. The van der Waals surface area contributed by atoms with Crippen molar-refractivity contribution in [3.63, 3.8) is 0 Å². The summed E-state index contributed by atoms with van der Waals surface area (Å²) >= 11 is 0. The van der Waals surface area contributed by atoms with E-state index in [1.165, 1.54) is 49.9 Å². The van der Waals surface area contributed by atoms with Crippen molar-refractivity contribution in [1.29, 1.82) is 0 Å². The van der Waals surface area contributed by atoms with Gasteiger partial charge < -0.3 is 10.2 Å². The lowest BCUT2D eigenvalue weighted by Crippen LogP contribution is -2.41. The fraction of sp³-hybridized carbons (Fsp3) is 0.667. The van der Waals surface area contributed by atoms with Crippen LogP contribution in [0.15, 0.2) is 24.3 Å². The second-order valence-corrected chi connectivity index (χ2v) is 6.89. The number of piperidine rings is 1. The van der Waals surface area contributed by atoms with Gasteiger partial charge in [0.15, 0.2) is 0 Å². The maximum Gasteiger partial charge on any atom is 0.0236 e. The van der Waals surface area contributed by atoms with Crippen molar-refractivity contribution < 1.29 is 0 Å². The van der Waals surface area contributed by atoms with Crippen LogP contribution in [-0.2, 0) is 13.1 Å². The third kappa shape index (κ3) is 4.29. The van der Waals surface area contributed by atoms with Gasteiger partial charge in [0.25, 0.3) is 0 Å². The molecule has 1 N–H and O–H groups in total. The maximum atomic E-state index is 3.65. The van der Waals surface area contributed by atoms with Crippen LogP contribution < -0.4 is 5.32 Å². The van der Waals surface area contributed by atoms with E-state index in [-0.39, 0.29) is 0 Å². The van der Waals surface area contributed by atoms with Crippen molar-refractivity contribution in [3.05, 3.63) is 35.4 Å². The first-order chi connectivity index (χ1) is 10.2. The summed E-state index contributed by atoms with van der Waals surface area (Å²) in [7, 11) is 4.42. The molecule has 0 radical (unpaired) electrons. The molecule has 1 aliphatic heterocycles. The number of benzene rings is 1. The number of rotatable bonds is 6. The first-order valence-corrected chi connectivity index (χ1v) is 8.41. The molecule has 1 aliphatic carbocycles. The van der Waals surface area contributed by atoms with E-state index >= 15 is 0 Å². The molecule has 116 valence electrons. The Morgan fingerprint density at radius 1 is 1.05 bits per heavy atom. The van der Waals surface area contributed by atoms with Gasteiger partial charge in [0.05, 0.1) is 0 Å². The minimum absolute atomic E-state index is 0.771. The molecule has 0 spiro atoms. The molecule has 3 rings (SSSR count). The lowest BCUT2D eigenvalue weighted by atomic mass is 10.0. The largest absolute Gasteiger partial charge is 0.310 e. The minimum Gasteiger partial charge on any atom is -0.310 e. The van der Waals surface area contributed by atoms with Crippen LogP contribution in [0.1, 0.15) is 36.8 Å². The van der Waals surface area contributed by atoms with Gasteiger partial charge >= 0.3 is 0 Å². The van der Waals surface area contributed by atoms with Crippen LogP contribution in [0.25, 0.3) is 0 Å². The van der Waals surface area contributed by atoms with Gasteiger partial charge in [0.2, 0.25) is 0 Å². The van der Waals surface area contributed by atoms with Gasteiger partial charge in [-0.1, -0.05) is 24.3 Å². The topological polar surface area (TPSA) is 18.5 Å². The second kappa shape index (κ2) is 6.91. The average molecular weight is 287 g/mol. The average Bonchev–Trinajstić information content (AvgIpc) is 3.31. The van der Waals surface area contributed by atoms with E-state index in [9.17, 15) is 0 Å². The minimum atomic E-state index is 0.771. The molecule has 2 aliphatic rings. The van der Waals surface area contributed by atoms with Crippen LogP contribution >= 0.6 is 0 Å². The molecular weight excluding hydrogens is 258 g/mol. The van der Waals surface area contributed by atoms with Crippen molar-refractivity contribution >= 4 is 0 Å². The lowest BCUT2D eigenvalue weighted by Gasteiger charge is -2.35. The van der Waals surface area contributed by atoms with Gasteiger partial charge in [-0.25, -0.2) is 0 Å². The van der Waals surface area contributed by atoms with Crippen LogP contribution in [0, 0.1) is 0 Å². The number of hydrogen-bond donors (Lipinski definition) is 1. The van der Waals surface area contributed by atoms with E-state index in [0.717, 1.165) is 25.2 Å². The molecule has 1 aromatic rings. The van der Waals surface area contributed by atoms with Gasteiger partial charge in [-0.05, 0) is 64.0 Å². The van der Waals surface area contributed by atoms with Crippen LogP contribution in [0.5, 0.6) is 0 Å². The van der Waals surface area contributed by atoms with E-state index in [4.69, 9.17) is 0 Å². The van der Waals surface area contributed by atoms with E-state index in [1.807, 2.05) is 0 Å². The van der Waals surface area contributed by atoms with Crippen molar-refractivity contribution in [3.8, 4) is 0 Å².